The largest absolute Gasteiger partial charge is 0.505 e. The van der Waals surface area contributed by atoms with Crippen molar-refractivity contribution in [2.75, 3.05) is 13.1 Å². The van der Waals surface area contributed by atoms with Crippen molar-refractivity contribution in [1.29, 1.82) is 0 Å². The van der Waals surface area contributed by atoms with Gasteiger partial charge < -0.3 is 10.4 Å². The molecule has 0 radical (unpaired) electrons. The quantitative estimate of drug-likeness (QED) is 0.877. The van der Waals surface area contributed by atoms with Gasteiger partial charge in [0, 0.05) is 10.0 Å². The summed E-state index contributed by atoms with van der Waals surface area (Å²) < 4.78 is 14.0. The van der Waals surface area contributed by atoms with E-state index in [1.54, 1.807) is 6.07 Å². The predicted molar refractivity (Wildman–Crippen MR) is 65.1 cm³/mol. The molecule has 0 saturated carbocycles. The van der Waals surface area contributed by atoms with Gasteiger partial charge in [0.15, 0.2) is 11.6 Å². The number of aromatic hydroxyl groups is 1. The smallest absolute Gasteiger partial charge is 0.165 e. The number of piperidine rings is 1. The molecule has 4 heteroatoms. The van der Waals surface area contributed by atoms with Crippen molar-refractivity contribution in [3.05, 3.63) is 28.0 Å². The van der Waals surface area contributed by atoms with E-state index in [1.165, 1.54) is 6.07 Å². The van der Waals surface area contributed by atoms with Crippen molar-refractivity contribution >= 4 is 15.9 Å². The first-order valence-electron chi connectivity index (χ1n) is 5.55. The third kappa shape index (κ3) is 2.55. The number of halogens is 2. The number of phenols is 1. The van der Waals surface area contributed by atoms with Crippen LogP contribution in [-0.4, -0.2) is 18.2 Å². The molecule has 1 saturated heterocycles. The first-order valence-corrected chi connectivity index (χ1v) is 6.34. The van der Waals surface area contributed by atoms with Gasteiger partial charge in [0.2, 0.25) is 0 Å². The van der Waals surface area contributed by atoms with Crippen LogP contribution in [-0.2, 0) is 6.42 Å². The second-order valence-electron chi connectivity index (χ2n) is 4.25. The second kappa shape index (κ2) is 5.15. The zero-order chi connectivity index (χ0) is 11.5. The van der Waals surface area contributed by atoms with Crippen molar-refractivity contribution in [2.45, 2.75) is 19.3 Å². The van der Waals surface area contributed by atoms with Gasteiger partial charge in [0.1, 0.15) is 0 Å². The van der Waals surface area contributed by atoms with Gasteiger partial charge in [-0.05, 0) is 50.4 Å². The zero-order valence-electron chi connectivity index (χ0n) is 8.97. The van der Waals surface area contributed by atoms with Crippen LogP contribution in [0.4, 0.5) is 4.39 Å². The molecule has 0 spiro atoms. The predicted octanol–water partition coefficient (Wildman–Crippen LogP) is 2.84. The number of phenolic OH excluding ortho intramolecular Hbond substituents is 1. The average molecular weight is 288 g/mol. The highest BCUT2D eigenvalue weighted by Gasteiger charge is 2.18. The molecule has 1 aliphatic rings. The SMILES string of the molecule is Oc1c(F)ccc(Br)c1CC1CCNCC1. The number of hydrogen-bond acceptors (Lipinski definition) is 2. The molecule has 0 bridgehead atoms. The summed E-state index contributed by atoms with van der Waals surface area (Å²) in [5, 5.41) is 13.0. The molecule has 0 amide bonds. The Balaban J connectivity index is 2.16. The van der Waals surface area contributed by atoms with E-state index >= 15 is 0 Å². The number of hydrogen-bond donors (Lipinski definition) is 2. The van der Waals surface area contributed by atoms with E-state index in [2.05, 4.69) is 21.2 Å². The molecule has 1 aliphatic heterocycles. The molecule has 0 atom stereocenters. The van der Waals surface area contributed by atoms with Gasteiger partial charge in [0.05, 0.1) is 0 Å². The van der Waals surface area contributed by atoms with Crippen molar-refractivity contribution in [3.63, 3.8) is 0 Å². The molecule has 2 nitrogen and oxygen atoms in total. The van der Waals surface area contributed by atoms with Gasteiger partial charge in [-0.2, -0.15) is 0 Å². The van der Waals surface area contributed by atoms with E-state index in [4.69, 9.17) is 0 Å². The minimum Gasteiger partial charge on any atom is -0.505 e. The van der Waals surface area contributed by atoms with E-state index in [-0.39, 0.29) is 5.75 Å². The minimum absolute atomic E-state index is 0.201. The van der Waals surface area contributed by atoms with Crippen molar-refractivity contribution in [3.8, 4) is 5.75 Å². The fourth-order valence-corrected chi connectivity index (χ4v) is 2.63. The standard InChI is InChI=1S/C12H15BrFNO/c13-10-1-2-11(14)12(16)9(10)7-8-3-5-15-6-4-8/h1-2,8,15-16H,3-7H2. The number of rotatable bonds is 2. The third-order valence-electron chi connectivity index (χ3n) is 3.13. The van der Waals surface area contributed by atoms with Crippen LogP contribution in [0.5, 0.6) is 5.75 Å². The lowest BCUT2D eigenvalue weighted by Gasteiger charge is -2.23. The third-order valence-corrected chi connectivity index (χ3v) is 3.87. The molecule has 0 aromatic heterocycles. The van der Waals surface area contributed by atoms with Crippen molar-refractivity contribution in [1.82, 2.24) is 5.32 Å². The Kier molecular flexibility index (Phi) is 3.82. The highest BCUT2D eigenvalue weighted by molar-refractivity contribution is 9.10. The Labute approximate surface area is 103 Å². The number of nitrogens with one attached hydrogen (secondary N) is 1. The van der Waals surface area contributed by atoms with Crippen LogP contribution in [0.25, 0.3) is 0 Å². The molecule has 2 rings (SSSR count). The van der Waals surface area contributed by atoms with Gasteiger partial charge >= 0.3 is 0 Å². The lowest BCUT2D eigenvalue weighted by Crippen LogP contribution is -2.28. The monoisotopic (exact) mass is 287 g/mol. The van der Waals surface area contributed by atoms with Crippen LogP contribution >= 0.6 is 15.9 Å². The Morgan fingerprint density at radius 2 is 2.06 bits per heavy atom. The first kappa shape index (κ1) is 11.9. The van der Waals surface area contributed by atoms with Gasteiger partial charge in [0.25, 0.3) is 0 Å². The van der Waals surface area contributed by atoms with Crippen LogP contribution in [0.1, 0.15) is 18.4 Å². The van der Waals surface area contributed by atoms with E-state index in [0.717, 1.165) is 36.8 Å². The fourth-order valence-electron chi connectivity index (χ4n) is 2.15. The number of benzene rings is 1. The van der Waals surface area contributed by atoms with E-state index in [0.29, 0.717) is 11.5 Å². The summed E-state index contributed by atoms with van der Waals surface area (Å²) in [5.74, 6) is -0.203. The molecule has 0 aliphatic carbocycles. The van der Waals surface area contributed by atoms with Crippen LogP contribution in [0.15, 0.2) is 16.6 Å². The Morgan fingerprint density at radius 3 is 2.75 bits per heavy atom. The molecule has 88 valence electrons. The lowest BCUT2D eigenvalue weighted by molar-refractivity contribution is 0.361. The second-order valence-corrected chi connectivity index (χ2v) is 5.11. The topological polar surface area (TPSA) is 32.3 Å². The zero-order valence-corrected chi connectivity index (χ0v) is 10.6. The molecular formula is C12H15BrFNO. The molecule has 1 aromatic rings. The fraction of sp³-hybridized carbons (Fsp3) is 0.500. The first-order chi connectivity index (χ1) is 7.68. The van der Waals surface area contributed by atoms with Crippen LogP contribution < -0.4 is 5.32 Å². The summed E-state index contributed by atoms with van der Waals surface area (Å²) in [6.07, 6.45) is 2.91. The molecule has 0 unspecified atom stereocenters. The average Bonchev–Trinajstić information content (AvgIpc) is 2.31. The maximum Gasteiger partial charge on any atom is 0.165 e. The summed E-state index contributed by atoms with van der Waals surface area (Å²) in [7, 11) is 0. The summed E-state index contributed by atoms with van der Waals surface area (Å²) in [5.41, 5.74) is 0.701. The van der Waals surface area contributed by atoms with Crippen LogP contribution in [0, 0.1) is 11.7 Å². The van der Waals surface area contributed by atoms with E-state index in [9.17, 15) is 9.50 Å². The normalized spacial score (nSPS) is 17.6. The van der Waals surface area contributed by atoms with Crippen LogP contribution in [0.2, 0.25) is 0 Å². The van der Waals surface area contributed by atoms with Gasteiger partial charge in [-0.3, -0.25) is 0 Å². The van der Waals surface area contributed by atoms with Gasteiger partial charge in [-0.25, -0.2) is 4.39 Å². The Hall–Kier alpha value is -0.610. The summed E-state index contributed by atoms with van der Waals surface area (Å²) in [4.78, 5) is 0. The van der Waals surface area contributed by atoms with E-state index < -0.39 is 5.82 Å². The van der Waals surface area contributed by atoms with Crippen molar-refractivity contribution < 1.29 is 9.50 Å². The van der Waals surface area contributed by atoms with Crippen LogP contribution in [0.3, 0.4) is 0 Å². The highest BCUT2D eigenvalue weighted by Crippen LogP contribution is 2.32. The molecule has 2 N–H and O–H groups in total. The summed E-state index contributed by atoms with van der Waals surface area (Å²) in [6.45, 7) is 2.02. The molecular weight excluding hydrogens is 273 g/mol. The summed E-state index contributed by atoms with van der Waals surface area (Å²) in [6, 6.07) is 2.94. The Morgan fingerprint density at radius 1 is 1.38 bits per heavy atom. The molecule has 16 heavy (non-hydrogen) atoms. The maximum absolute atomic E-state index is 13.2. The molecule has 1 heterocycles. The molecule has 1 fully saturated rings. The maximum atomic E-state index is 13.2. The summed E-state index contributed by atoms with van der Waals surface area (Å²) >= 11 is 3.37. The molecule has 1 aromatic carbocycles. The van der Waals surface area contributed by atoms with Crippen molar-refractivity contribution in [2.24, 2.45) is 5.92 Å². The lowest BCUT2D eigenvalue weighted by atomic mass is 9.90. The highest BCUT2D eigenvalue weighted by atomic mass is 79.9. The Bertz CT molecular complexity index is 378. The van der Waals surface area contributed by atoms with E-state index in [1.807, 2.05) is 0 Å². The minimum atomic E-state index is -0.535. The van der Waals surface area contributed by atoms with Gasteiger partial charge in [-0.15, -0.1) is 0 Å². The van der Waals surface area contributed by atoms with Gasteiger partial charge in [-0.1, -0.05) is 15.9 Å².